The molecular weight excluding hydrogens is 444 g/mol. The Balaban J connectivity index is 1.69. The Labute approximate surface area is 170 Å². The van der Waals surface area contributed by atoms with Crippen LogP contribution in [0.5, 0.6) is 0 Å². The molecule has 3 aromatic heterocycles. The summed E-state index contributed by atoms with van der Waals surface area (Å²) in [4.78, 5) is 29.2. The first-order chi connectivity index (χ1) is 13.6. The number of benzene rings is 1. The van der Waals surface area contributed by atoms with Gasteiger partial charge in [0.05, 0.1) is 16.6 Å². The van der Waals surface area contributed by atoms with Gasteiger partial charge in [0.15, 0.2) is 5.82 Å². The Kier molecular flexibility index (Phi) is 4.77. The molecule has 3 heterocycles. The zero-order chi connectivity index (χ0) is 19.7. The normalized spacial score (nSPS) is 10.7. The van der Waals surface area contributed by atoms with E-state index in [-0.39, 0.29) is 12.1 Å². The van der Waals surface area contributed by atoms with Crippen LogP contribution in [-0.4, -0.2) is 25.7 Å². The zero-order valence-electron chi connectivity index (χ0n) is 14.1. The number of carbonyl (C=O) groups excluding carboxylic acids is 1. The summed E-state index contributed by atoms with van der Waals surface area (Å²) < 4.78 is 2.07. The highest BCUT2D eigenvalue weighted by atomic mass is 79.9. The monoisotopic (exact) mass is 454 g/mol. The summed E-state index contributed by atoms with van der Waals surface area (Å²) >= 11 is 4.76. The van der Waals surface area contributed by atoms with Gasteiger partial charge in [-0.3, -0.25) is 19.3 Å². The number of para-hydroxylation sites is 1. The molecule has 1 amide bonds. The van der Waals surface area contributed by atoms with Gasteiger partial charge in [-0.2, -0.15) is 10.4 Å². The molecule has 10 heteroatoms. The molecule has 1 aromatic carbocycles. The predicted octanol–water partition coefficient (Wildman–Crippen LogP) is 3.12. The van der Waals surface area contributed by atoms with Crippen LogP contribution in [0.3, 0.4) is 0 Å². The first-order valence-corrected chi connectivity index (χ1v) is 9.71. The minimum Gasteiger partial charge on any atom is -0.315 e. The fraction of sp³-hybridized carbons (Fsp3) is 0.0556. The molecule has 0 saturated carbocycles. The summed E-state index contributed by atoms with van der Waals surface area (Å²) in [6.07, 6.45) is 1.38. The molecular formula is C18H11BrN6O2S. The standard InChI is InChI=1S/C18H11BrN6O2S/c19-12-8-28-18(15(12)17-21-9-22-24-17)23-13(26)7-25-14(27)5-4-10-2-1-3-11(6-20)16(10)25/h1-5,8-9H,7H2,(H,23,26)(H,21,22,24). The number of hydrogen-bond acceptors (Lipinski definition) is 6. The second-order valence-electron chi connectivity index (χ2n) is 5.78. The van der Waals surface area contributed by atoms with Gasteiger partial charge in [0.1, 0.15) is 23.9 Å². The molecule has 4 rings (SSSR count). The Bertz CT molecular complexity index is 1290. The lowest BCUT2D eigenvalue weighted by atomic mass is 10.1. The van der Waals surface area contributed by atoms with Crippen molar-refractivity contribution in [2.45, 2.75) is 6.54 Å². The number of thiophene rings is 1. The number of nitrogens with zero attached hydrogens (tertiary/aromatic N) is 4. The summed E-state index contributed by atoms with van der Waals surface area (Å²) in [6, 6.07) is 10.3. The van der Waals surface area contributed by atoms with Gasteiger partial charge in [-0.25, -0.2) is 4.98 Å². The predicted molar refractivity (Wildman–Crippen MR) is 109 cm³/mol. The Hall–Kier alpha value is -3.29. The van der Waals surface area contributed by atoms with Gasteiger partial charge >= 0.3 is 0 Å². The number of hydrogen-bond donors (Lipinski definition) is 2. The van der Waals surface area contributed by atoms with Crippen molar-refractivity contribution in [3.05, 3.63) is 62.4 Å². The van der Waals surface area contributed by atoms with E-state index in [2.05, 4.69) is 42.5 Å². The number of aromatic nitrogens is 4. The molecule has 0 bridgehead atoms. The van der Waals surface area contributed by atoms with E-state index in [1.165, 1.54) is 28.3 Å². The molecule has 0 aliphatic carbocycles. The molecule has 4 aromatic rings. The molecule has 0 atom stereocenters. The number of nitrogens with one attached hydrogen (secondary N) is 2. The van der Waals surface area contributed by atoms with Gasteiger partial charge in [0.2, 0.25) is 5.91 Å². The maximum Gasteiger partial charge on any atom is 0.251 e. The highest BCUT2D eigenvalue weighted by molar-refractivity contribution is 9.10. The fourth-order valence-electron chi connectivity index (χ4n) is 2.89. The van der Waals surface area contributed by atoms with Crippen molar-refractivity contribution in [2.24, 2.45) is 0 Å². The molecule has 0 spiro atoms. The number of H-pyrrole nitrogens is 1. The number of rotatable bonds is 4. The fourth-order valence-corrected chi connectivity index (χ4v) is 4.52. The molecule has 0 fully saturated rings. The third-order valence-corrected chi connectivity index (χ3v) is 5.91. The van der Waals surface area contributed by atoms with Crippen LogP contribution in [0.4, 0.5) is 5.00 Å². The van der Waals surface area contributed by atoms with Crippen molar-refractivity contribution in [3.63, 3.8) is 0 Å². The van der Waals surface area contributed by atoms with Crippen molar-refractivity contribution in [1.82, 2.24) is 19.7 Å². The topological polar surface area (TPSA) is 116 Å². The first kappa shape index (κ1) is 18.1. The number of anilines is 1. The second-order valence-corrected chi connectivity index (χ2v) is 7.52. The van der Waals surface area contributed by atoms with E-state index in [9.17, 15) is 14.9 Å². The van der Waals surface area contributed by atoms with Gasteiger partial charge in [0.25, 0.3) is 5.56 Å². The number of aromatic amines is 1. The largest absolute Gasteiger partial charge is 0.315 e. The van der Waals surface area contributed by atoms with Crippen molar-refractivity contribution >= 4 is 49.1 Å². The van der Waals surface area contributed by atoms with E-state index < -0.39 is 5.91 Å². The van der Waals surface area contributed by atoms with E-state index in [1.54, 1.807) is 24.3 Å². The highest BCUT2D eigenvalue weighted by Crippen LogP contribution is 2.38. The average Bonchev–Trinajstić information content (AvgIpc) is 3.33. The summed E-state index contributed by atoms with van der Waals surface area (Å²) in [5.74, 6) is 0.120. The minimum atomic E-state index is -0.391. The van der Waals surface area contributed by atoms with Crippen LogP contribution >= 0.6 is 27.3 Å². The lowest BCUT2D eigenvalue weighted by Crippen LogP contribution is -2.27. The lowest BCUT2D eigenvalue weighted by molar-refractivity contribution is -0.116. The van der Waals surface area contributed by atoms with Crippen LogP contribution < -0.4 is 10.9 Å². The van der Waals surface area contributed by atoms with Crippen molar-refractivity contribution in [3.8, 4) is 17.5 Å². The van der Waals surface area contributed by atoms with Gasteiger partial charge in [0, 0.05) is 15.9 Å². The van der Waals surface area contributed by atoms with E-state index in [1.807, 2.05) is 5.38 Å². The van der Waals surface area contributed by atoms with Crippen LogP contribution in [0.15, 0.2) is 51.3 Å². The maximum absolute atomic E-state index is 12.7. The first-order valence-electron chi connectivity index (χ1n) is 8.03. The Morgan fingerprint density at radius 1 is 1.36 bits per heavy atom. The van der Waals surface area contributed by atoms with Gasteiger partial charge in [-0.15, -0.1) is 11.3 Å². The molecule has 0 radical (unpaired) electrons. The number of amides is 1. The molecule has 138 valence electrons. The summed E-state index contributed by atoms with van der Waals surface area (Å²) in [7, 11) is 0. The van der Waals surface area contributed by atoms with Crippen LogP contribution in [0, 0.1) is 11.3 Å². The summed E-state index contributed by atoms with van der Waals surface area (Å²) in [5, 5.41) is 21.9. The number of pyridine rings is 1. The van der Waals surface area contributed by atoms with Crippen molar-refractivity contribution in [2.75, 3.05) is 5.32 Å². The van der Waals surface area contributed by atoms with Crippen molar-refractivity contribution in [1.29, 1.82) is 5.26 Å². The Morgan fingerprint density at radius 3 is 2.96 bits per heavy atom. The second kappa shape index (κ2) is 7.38. The van der Waals surface area contributed by atoms with Crippen LogP contribution in [-0.2, 0) is 11.3 Å². The minimum absolute atomic E-state index is 0.222. The van der Waals surface area contributed by atoms with E-state index in [4.69, 9.17) is 0 Å². The molecule has 28 heavy (non-hydrogen) atoms. The molecule has 2 N–H and O–H groups in total. The highest BCUT2D eigenvalue weighted by Gasteiger charge is 2.18. The third-order valence-electron chi connectivity index (χ3n) is 4.08. The molecule has 0 unspecified atom stereocenters. The van der Waals surface area contributed by atoms with E-state index >= 15 is 0 Å². The molecule has 0 aliphatic rings. The van der Waals surface area contributed by atoms with Crippen LogP contribution in [0.2, 0.25) is 0 Å². The number of fused-ring (bicyclic) bond motifs is 1. The van der Waals surface area contributed by atoms with Crippen molar-refractivity contribution < 1.29 is 4.79 Å². The van der Waals surface area contributed by atoms with Crippen LogP contribution in [0.1, 0.15) is 5.56 Å². The number of carbonyl (C=O) groups is 1. The molecule has 8 nitrogen and oxygen atoms in total. The maximum atomic E-state index is 12.7. The number of nitriles is 1. The van der Waals surface area contributed by atoms with Crippen LogP contribution in [0.25, 0.3) is 22.3 Å². The molecule has 0 saturated heterocycles. The van der Waals surface area contributed by atoms with Gasteiger partial charge in [-0.1, -0.05) is 12.1 Å². The smallest absolute Gasteiger partial charge is 0.251 e. The zero-order valence-corrected chi connectivity index (χ0v) is 16.5. The quantitative estimate of drug-likeness (QED) is 0.491. The molecule has 0 aliphatic heterocycles. The van der Waals surface area contributed by atoms with Gasteiger partial charge < -0.3 is 5.32 Å². The van der Waals surface area contributed by atoms with Gasteiger partial charge in [-0.05, 0) is 33.4 Å². The Morgan fingerprint density at radius 2 is 2.21 bits per heavy atom. The lowest BCUT2D eigenvalue weighted by Gasteiger charge is -2.11. The SMILES string of the molecule is N#Cc1cccc2ccc(=O)n(CC(=O)Nc3scc(Br)c3-c3ncn[nH]3)c12. The summed E-state index contributed by atoms with van der Waals surface area (Å²) in [6.45, 7) is -0.222. The van der Waals surface area contributed by atoms with E-state index in [0.29, 0.717) is 32.9 Å². The number of halogens is 1. The summed E-state index contributed by atoms with van der Waals surface area (Å²) in [5.41, 5.74) is 1.10. The third kappa shape index (κ3) is 3.21. The van der Waals surface area contributed by atoms with E-state index in [0.717, 1.165) is 4.47 Å². The average molecular weight is 455 g/mol.